The molecule has 0 bridgehead atoms. The molecule has 5 N–H and O–H groups in total. The number of aliphatic hydroxyl groups excluding tert-OH is 2. The van der Waals surface area contributed by atoms with Gasteiger partial charge >= 0.3 is 11.9 Å². The normalized spacial score (nSPS) is 33.6. The van der Waals surface area contributed by atoms with Gasteiger partial charge in [-0.1, -0.05) is 76.3 Å². The number of rotatable bonds is 11. The van der Waals surface area contributed by atoms with Gasteiger partial charge in [0.15, 0.2) is 0 Å². The van der Waals surface area contributed by atoms with Gasteiger partial charge in [0.2, 0.25) is 0 Å². The molecule has 4 aliphatic rings. The molecule has 0 radical (unpaired) electrons. The Morgan fingerprint density at radius 1 is 1.04 bits per heavy atom. The summed E-state index contributed by atoms with van der Waals surface area (Å²) in [5, 5.41) is 49.4. The topological polar surface area (TPSA) is 149 Å². The maximum atomic E-state index is 13.2. The number of aliphatic hydroxyl groups is 3. The van der Waals surface area contributed by atoms with Crippen molar-refractivity contribution in [1.82, 2.24) is 4.98 Å². The molecule has 0 aliphatic heterocycles. The predicted octanol–water partition coefficient (Wildman–Crippen LogP) is 8.30. The van der Waals surface area contributed by atoms with Crippen molar-refractivity contribution < 1.29 is 34.8 Å². The summed E-state index contributed by atoms with van der Waals surface area (Å²) in [4.78, 5) is 29.3. The average Bonchev–Trinajstić information content (AvgIpc) is 3.55. The molecule has 1 aromatic heterocycles. The Balaban J connectivity index is 1.02. The van der Waals surface area contributed by atoms with Crippen molar-refractivity contribution in [3.05, 3.63) is 70.9 Å². The van der Waals surface area contributed by atoms with E-state index in [1.807, 2.05) is 55.5 Å². The van der Waals surface area contributed by atoms with Crippen LogP contribution in [-0.2, 0) is 16.1 Å². The number of para-hydroxylation sites is 1. The minimum Gasteiger partial charge on any atom is -0.481 e. The number of carbonyl (C=O) groups excluding carboxylic acids is 1. The molecule has 4 saturated carbocycles. The van der Waals surface area contributed by atoms with Gasteiger partial charge in [0.25, 0.3) is 0 Å². The first kappa shape index (κ1) is 41.2. The summed E-state index contributed by atoms with van der Waals surface area (Å²) in [6.07, 6.45) is 6.46. The molecule has 57 heavy (non-hydrogen) atoms. The van der Waals surface area contributed by atoms with Crippen LogP contribution >= 0.6 is 0 Å². The molecule has 306 valence electrons. The van der Waals surface area contributed by atoms with Gasteiger partial charge in [0.05, 0.1) is 35.7 Å². The Morgan fingerprint density at radius 2 is 1.79 bits per heavy atom. The van der Waals surface area contributed by atoms with Crippen LogP contribution in [0.15, 0.2) is 48.5 Å². The second kappa shape index (κ2) is 16.4. The molecule has 9 heteroatoms. The number of carboxylic acid groups (broad SMARTS) is 1. The monoisotopic (exact) mass is 778 g/mol. The number of nitrogens with zero attached hydrogens (tertiary/aromatic N) is 1. The van der Waals surface area contributed by atoms with E-state index >= 15 is 0 Å². The summed E-state index contributed by atoms with van der Waals surface area (Å²) in [6.45, 7) is 11.4. The lowest BCUT2D eigenvalue weighted by molar-refractivity contribution is -0.211. The SMILES string of the molecule is CCCCOC(=O)c1c(C)nc2ccccc2c1NCc1ccc(C#C[C@@]2(O)CC[C@@]3(C)C(CC(O)C4C3C[C@H](O)[C@@]3(C)C4CC[C@@H]3[C@H](C)CCC(=O)O)C2)cc1. The number of hydrogen-bond acceptors (Lipinski definition) is 8. The van der Waals surface area contributed by atoms with Crippen LogP contribution in [0.3, 0.4) is 0 Å². The molecule has 0 spiro atoms. The van der Waals surface area contributed by atoms with Gasteiger partial charge in [-0.15, -0.1) is 0 Å². The molecule has 9 nitrogen and oxygen atoms in total. The lowest BCUT2D eigenvalue weighted by Crippen LogP contribution is -2.63. The number of carboxylic acids is 1. The second-order valence-electron chi connectivity index (χ2n) is 18.5. The standard InChI is InChI=1S/C48H62N2O7/c1-6-7-24-57-45(55)42-30(3)50-38-11-9-8-10-34(38)44(42)49-28-32-15-13-31(14-16-32)20-21-48(56)23-22-46(4)33(27-48)25-39(51)43-36-18-17-35(29(2)12-19-41(53)54)47(36,5)40(52)26-37(43)46/h8-11,13-16,29,33,35-37,39-40,43,51-52,56H,6-7,12,17-19,22-28H2,1-5H3,(H,49,50)(H,53,54)/t29-,33?,35-,36?,37?,39?,40+,43?,46+,47-,48-/m1/s1. The maximum Gasteiger partial charge on any atom is 0.342 e. The van der Waals surface area contributed by atoms with Gasteiger partial charge in [-0.05, 0) is 135 Å². The number of anilines is 1. The van der Waals surface area contributed by atoms with Gasteiger partial charge in [-0.25, -0.2) is 4.79 Å². The molecule has 5 unspecified atom stereocenters. The van der Waals surface area contributed by atoms with Crippen molar-refractivity contribution in [3.8, 4) is 11.8 Å². The molecule has 11 atom stereocenters. The van der Waals surface area contributed by atoms with Crippen LogP contribution in [0.1, 0.15) is 126 Å². The highest BCUT2D eigenvalue weighted by atomic mass is 16.5. The molecular weight excluding hydrogens is 717 g/mol. The predicted molar refractivity (Wildman–Crippen MR) is 221 cm³/mol. The molecule has 4 fully saturated rings. The molecule has 2 aromatic carbocycles. The Labute approximate surface area is 338 Å². The van der Waals surface area contributed by atoms with E-state index in [0.717, 1.165) is 54.1 Å². The lowest BCUT2D eigenvalue weighted by atomic mass is 9.42. The number of aromatic nitrogens is 1. The molecule has 0 saturated heterocycles. The second-order valence-corrected chi connectivity index (χ2v) is 18.5. The van der Waals surface area contributed by atoms with Gasteiger partial charge in [-0.3, -0.25) is 9.78 Å². The zero-order valence-electron chi connectivity index (χ0n) is 34.4. The highest BCUT2D eigenvalue weighted by Crippen LogP contribution is 2.69. The Kier molecular flexibility index (Phi) is 11.8. The van der Waals surface area contributed by atoms with Crippen molar-refractivity contribution >= 4 is 28.5 Å². The van der Waals surface area contributed by atoms with Crippen LogP contribution in [0.2, 0.25) is 0 Å². The molecule has 7 rings (SSSR count). The summed E-state index contributed by atoms with van der Waals surface area (Å²) in [5.41, 5.74) is 2.78. The van der Waals surface area contributed by atoms with Gasteiger partial charge in [-0.2, -0.15) is 0 Å². The number of aliphatic carboxylic acids is 1. The number of nitrogens with one attached hydrogen (secondary N) is 1. The first-order chi connectivity index (χ1) is 27.2. The van der Waals surface area contributed by atoms with Crippen LogP contribution in [0.25, 0.3) is 10.9 Å². The zero-order valence-corrected chi connectivity index (χ0v) is 34.4. The minimum absolute atomic E-state index is 0.0835. The van der Waals surface area contributed by atoms with Gasteiger partial charge in [0.1, 0.15) is 11.2 Å². The number of esters is 1. The summed E-state index contributed by atoms with van der Waals surface area (Å²) < 4.78 is 5.61. The number of unbranched alkanes of at least 4 members (excludes halogenated alkanes) is 1. The fraction of sp³-hybridized carbons (Fsp3) is 0.604. The fourth-order valence-electron chi connectivity index (χ4n) is 12.0. The third kappa shape index (κ3) is 7.82. The zero-order chi connectivity index (χ0) is 40.7. The van der Waals surface area contributed by atoms with Crippen molar-refractivity contribution in [3.63, 3.8) is 0 Å². The van der Waals surface area contributed by atoms with Gasteiger partial charge in [0, 0.05) is 23.9 Å². The highest BCUT2D eigenvalue weighted by Gasteiger charge is 2.66. The Bertz CT molecular complexity index is 2020. The average molecular weight is 779 g/mol. The summed E-state index contributed by atoms with van der Waals surface area (Å²) in [5.74, 6) is 6.30. The number of fused-ring (bicyclic) bond motifs is 6. The van der Waals surface area contributed by atoms with E-state index in [1.165, 1.54) is 0 Å². The summed E-state index contributed by atoms with van der Waals surface area (Å²) in [6, 6.07) is 15.7. The molecular formula is C48H62N2O7. The van der Waals surface area contributed by atoms with E-state index in [2.05, 4.69) is 49.8 Å². The largest absolute Gasteiger partial charge is 0.481 e. The minimum atomic E-state index is -1.17. The van der Waals surface area contributed by atoms with E-state index in [9.17, 15) is 30.0 Å². The highest BCUT2D eigenvalue weighted by molar-refractivity contribution is 6.06. The van der Waals surface area contributed by atoms with E-state index in [4.69, 9.17) is 4.74 Å². The number of aryl methyl sites for hydroxylation is 1. The van der Waals surface area contributed by atoms with Crippen molar-refractivity contribution in [2.45, 2.75) is 130 Å². The van der Waals surface area contributed by atoms with E-state index in [0.29, 0.717) is 62.2 Å². The third-order valence-electron chi connectivity index (χ3n) is 15.3. The van der Waals surface area contributed by atoms with Crippen LogP contribution in [-0.4, -0.2) is 61.8 Å². The van der Waals surface area contributed by atoms with Crippen LogP contribution in [0.5, 0.6) is 0 Å². The van der Waals surface area contributed by atoms with Crippen molar-refractivity contribution in [2.75, 3.05) is 11.9 Å². The van der Waals surface area contributed by atoms with Gasteiger partial charge < -0.3 is 30.5 Å². The van der Waals surface area contributed by atoms with E-state index in [1.54, 1.807) is 0 Å². The smallest absolute Gasteiger partial charge is 0.342 e. The van der Waals surface area contributed by atoms with Crippen molar-refractivity contribution in [1.29, 1.82) is 0 Å². The Hall–Kier alpha value is -3.97. The molecule has 4 aliphatic carbocycles. The van der Waals surface area contributed by atoms with Crippen LogP contribution in [0.4, 0.5) is 5.69 Å². The maximum absolute atomic E-state index is 13.2. The summed E-state index contributed by atoms with van der Waals surface area (Å²) >= 11 is 0. The Morgan fingerprint density at radius 3 is 2.53 bits per heavy atom. The van der Waals surface area contributed by atoms with E-state index < -0.39 is 23.8 Å². The van der Waals surface area contributed by atoms with Crippen LogP contribution < -0.4 is 5.32 Å². The fourth-order valence-corrected chi connectivity index (χ4v) is 12.0. The molecule has 1 heterocycles. The summed E-state index contributed by atoms with van der Waals surface area (Å²) in [7, 11) is 0. The number of ether oxygens (including phenoxy) is 1. The van der Waals surface area contributed by atoms with Crippen LogP contribution in [0, 0.1) is 65.1 Å². The lowest BCUT2D eigenvalue weighted by Gasteiger charge is -2.64. The number of benzene rings is 2. The van der Waals surface area contributed by atoms with Crippen molar-refractivity contribution in [2.24, 2.45) is 46.3 Å². The number of pyridine rings is 1. The third-order valence-corrected chi connectivity index (χ3v) is 15.3. The number of carbonyl (C=O) groups is 2. The number of hydrogen-bond donors (Lipinski definition) is 5. The molecule has 3 aromatic rings. The first-order valence-corrected chi connectivity index (χ1v) is 21.4. The molecule has 0 amide bonds. The quantitative estimate of drug-likeness (QED) is 0.0737. The van der Waals surface area contributed by atoms with E-state index in [-0.39, 0.29) is 58.7 Å². The first-order valence-electron chi connectivity index (χ1n) is 21.4.